The molecular formula is C21H25ClN2O. The van der Waals surface area contributed by atoms with Gasteiger partial charge >= 0.3 is 0 Å². The molecule has 0 spiro atoms. The van der Waals surface area contributed by atoms with Gasteiger partial charge in [0, 0.05) is 29.4 Å². The molecule has 3 nitrogen and oxygen atoms in total. The van der Waals surface area contributed by atoms with Crippen LogP contribution < -0.4 is 10.2 Å². The van der Waals surface area contributed by atoms with Crippen LogP contribution in [0.5, 0.6) is 0 Å². The van der Waals surface area contributed by atoms with Crippen LogP contribution in [-0.4, -0.2) is 19.0 Å². The lowest BCUT2D eigenvalue weighted by Crippen LogP contribution is -2.34. The molecule has 0 saturated carbocycles. The minimum atomic E-state index is -0.0851. The van der Waals surface area contributed by atoms with Gasteiger partial charge in [0.25, 0.3) is 5.91 Å². The highest BCUT2D eigenvalue weighted by atomic mass is 35.5. The average Bonchev–Trinajstić information content (AvgIpc) is 2.62. The predicted octanol–water partition coefficient (Wildman–Crippen LogP) is 5.07. The van der Waals surface area contributed by atoms with Gasteiger partial charge in [-0.25, -0.2) is 0 Å². The summed E-state index contributed by atoms with van der Waals surface area (Å²) in [5.41, 5.74) is 3.00. The Bertz CT molecular complexity index is 712. The fraction of sp³-hybridized carbons (Fsp3) is 0.381. The molecule has 2 atom stereocenters. The number of hydrogen-bond acceptors (Lipinski definition) is 2. The highest BCUT2D eigenvalue weighted by Gasteiger charge is 2.17. The number of nitrogens with one attached hydrogen (secondary N) is 1. The van der Waals surface area contributed by atoms with Crippen LogP contribution in [0.25, 0.3) is 0 Å². The Labute approximate surface area is 155 Å². The lowest BCUT2D eigenvalue weighted by Gasteiger charge is -2.33. The van der Waals surface area contributed by atoms with Crippen molar-refractivity contribution in [1.82, 2.24) is 5.32 Å². The summed E-state index contributed by atoms with van der Waals surface area (Å²) in [5, 5.41) is 3.67. The first-order valence-electron chi connectivity index (χ1n) is 8.94. The highest BCUT2D eigenvalue weighted by Crippen LogP contribution is 2.24. The van der Waals surface area contributed by atoms with E-state index in [1.807, 2.05) is 6.92 Å². The molecule has 1 heterocycles. The molecule has 0 unspecified atom stereocenters. The maximum absolute atomic E-state index is 12.3. The second-order valence-electron chi connectivity index (χ2n) is 6.99. The van der Waals surface area contributed by atoms with Gasteiger partial charge in [-0.15, -0.1) is 0 Å². The SMILES string of the molecule is C[C@H]1CCCN(c2ccc([C@H](C)NC(=O)c3ccc(Cl)cc3)cc2)C1. The van der Waals surface area contributed by atoms with Crippen molar-refractivity contribution < 1.29 is 4.79 Å². The van der Waals surface area contributed by atoms with E-state index in [9.17, 15) is 4.79 Å². The summed E-state index contributed by atoms with van der Waals surface area (Å²) in [6, 6.07) is 15.5. The number of halogens is 1. The van der Waals surface area contributed by atoms with Crippen LogP contribution in [0, 0.1) is 5.92 Å². The van der Waals surface area contributed by atoms with Crippen LogP contribution in [0.1, 0.15) is 48.7 Å². The number of nitrogens with zero attached hydrogens (tertiary/aromatic N) is 1. The molecule has 1 fully saturated rings. The van der Waals surface area contributed by atoms with Gasteiger partial charge in [-0.05, 0) is 67.6 Å². The number of amides is 1. The number of carbonyl (C=O) groups excluding carboxylic acids is 1. The fourth-order valence-corrected chi connectivity index (χ4v) is 3.49. The van der Waals surface area contributed by atoms with Gasteiger partial charge in [-0.1, -0.05) is 30.7 Å². The van der Waals surface area contributed by atoms with Gasteiger partial charge in [0.15, 0.2) is 0 Å². The first-order valence-corrected chi connectivity index (χ1v) is 9.32. The normalized spacial score (nSPS) is 18.7. The molecule has 3 rings (SSSR count). The first kappa shape index (κ1) is 17.8. The van der Waals surface area contributed by atoms with E-state index in [2.05, 4.69) is 41.4 Å². The molecule has 25 heavy (non-hydrogen) atoms. The molecule has 2 aromatic carbocycles. The van der Waals surface area contributed by atoms with Crippen molar-refractivity contribution in [2.24, 2.45) is 5.92 Å². The third kappa shape index (κ3) is 4.55. The molecular weight excluding hydrogens is 332 g/mol. The van der Waals surface area contributed by atoms with E-state index in [0.717, 1.165) is 24.6 Å². The minimum absolute atomic E-state index is 0.0440. The Morgan fingerprint density at radius 3 is 2.48 bits per heavy atom. The number of rotatable bonds is 4. The van der Waals surface area contributed by atoms with Gasteiger partial charge in [-0.2, -0.15) is 0 Å². The van der Waals surface area contributed by atoms with Crippen LogP contribution in [-0.2, 0) is 0 Å². The van der Waals surface area contributed by atoms with Crippen molar-refractivity contribution in [1.29, 1.82) is 0 Å². The van der Waals surface area contributed by atoms with E-state index >= 15 is 0 Å². The Hall–Kier alpha value is -2.00. The van der Waals surface area contributed by atoms with Crippen molar-refractivity contribution in [2.45, 2.75) is 32.7 Å². The average molecular weight is 357 g/mol. The van der Waals surface area contributed by atoms with Crippen molar-refractivity contribution in [3.8, 4) is 0 Å². The molecule has 1 aliphatic rings. The summed E-state index contributed by atoms with van der Waals surface area (Å²) in [6.07, 6.45) is 2.58. The fourth-order valence-electron chi connectivity index (χ4n) is 3.36. The molecule has 4 heteroatoms. The second-order valence-corrected chi connectivity index (χ2v) is 7.42. The quantitative estimate of drug-likeness (QED) is 0.829. The monoisotopic (exact) mass is 356 g/mol. The van der Waals surface area contributed by atoms with E-state index in [0.29, 0.717) is 10.6 Å². The standard InChI is InChI=1S/C21H25ClN2O/c1-15-4-3-13-24(14-15)20-11-7-17(8-12-20)16(2)23-21(25)18-5-9-19(22)10-6-18/h5-12,15-16H,3-4,13-14H2,1-2H3,(H,23,25)/t15-,16-/m0/s1. The minimum Gasteiger partial charge on any atom is -0.371 e. The van der Waals surface area contributed by atoms with Crippen molar-refractivity contribution in [2.75, 3.05) is 18.0 Å². The molecule has 132 valence electrons. The zero-order valence-electron chi connectivity index (χ0n) is 14.8. The summed E-state index contributed by atoms with van der Waals surface area (Å²) in [4.78, 5) is 14.8. The Balaban J connectivity index is 1.63. The van der Waals surface area contributed by atoms with Gasteiger partial charge in [0.05, 0.1) is 6.04 Å². The van der Waals surface area contributed by atoms with Crippen molar-refractivity contribution >= 4 is 23.2 Å². The van der Waals surface area contributed by atoms with Gasteiger partial charge in [0.2, 0.25) is 0 Å². The molecule has 1 aliphatic heterocycles. The van der Waals surface area contributed by atoms with Crippen LogP contribution >= 0.6 is 11.6 Å². The van der Waals surface area contributed by atoms with E-state index in [-0.39, 0.29) is 11.9 Å². The van der Waals surface area contributed by atoms with E-state index < -0.39 is 0 Å². The lowest BCUT2D eigenvalue weighted by molar-refractivity contribution is 0.0940. The molecule has 0 aliphatic carbocycles. The van der Waals surface area contributed by atoms with E-state index in [1.54, 1.807) is 24.3 Å². The van der Waals surface area contributed by atoms with Gasteiger partial charge < -0.3 is 10.2 Å². The number of piperidine rings is 1. The maximum atomic E-state index is 12.3. The molecule has 0 aromatic heterocycles. The van der Waals surface area contributed by atoms with E-state index in [1.165, 1.54) is 18.5 Å². The summed E-state index contributed by atoms with van der Waals surface area (Å²) in [7, 11) is 0. The first-order chi connectivity index (χ1) is 12.0. The van der Waals surface area contributed by atoms with E-state index in [4.69, 9.17) is 11.6 Å². The van der Waals surface area contributed by atoms with Crippen LogP contribution in [0.3, 0.4) is 0 Å². The zero-order valence-corrected chi connectivity index (χ0v) is 15.6. The highest BCUT2D eigenvalue weighted by molar-refractivity contribution is 6.30. The van der Waals surface area contributed by atoms with Crippen molar-refractivity contribution in [3.63, 3.8) is 0 Å². The topological polar surface area (TPSA) is 32.3 Å². The zero-order chi connectivity index (χ0) is 17.8. The van der Waals surface area contributed by atoms with Crippen LogP contribution in [0.15, 0.2) is 48.5 Å². The maximum Gasteiger partial charge on any atom is 0.251 e. The molecule has 0 radical (unpaired) electrons. The summed E-state index contributed by atoms with van der Waals surface area (Å²) >= 11 is 5.87. The number of hydrogen-bond donors (Lipinski definition) is 1. The number of anilines is 1. The lowest BCUT2D eigenvalue weighted by atomic mass is 9.99. The summed E-state index contributed by atoms with van der Waals surface area (Å²) in [6.45, 7) is 6.58. The number of benzene rings is 2. The molecule has 2 aromatic rings. The molecule has 1 saturated heterocycles. The Morgan fingerprint density at radius 2 is 1.84 bits per heavy atom. The molecule has 1 amide bonds. The van der Waals surface area contributed by atoms with Crippen molar-refractivity contribution in [3.05, 3.63) is 64.7 Å². The summed E-state index contributed by atoms with van der Waals surface area (Å²) in [5.74, 6) is 0.670. The third-order valence-electron chi connectivity index (χ3n) is 4.87. The number of carbonyl (C=O) groups is 1. The molecule has 0 bridgehead atoms. The Morgan fingerprint density at radius 1 is 1.16 bits per heavy atom. The van der Waals surface area contributed by atoms with Crippen LogP contribution in [0.2, 0.25) is 5.02 Å². The van der Waals surface area contributed by atoms with Gasteiger partial charge in [0.1, 0.15) is 0 Å². The second kappa shape index (κ2) is 7.92. The van der Waals surface area contributed by atoms with Gasteiger partial charge in [-0.3, -0.25) is 4.79 Å². The smallest absolute Gasteiger partial charge is 0.251 e. The predicted molar refractivity (Wildman–Crippen MR) is 104 cm³/mol. The van der Waals surface area contributed by atoms with Crippen LogP contribution in [0.4, 0.5) is 5.69 Å². The molecule has 1 N–H and O–H groups in total. The largest absolute Gasteiger partial charge is 0.371 e. The summed E-state index contributed by atoms with van der Waals surface area (Å²) < 4.78 is 0. The Kier molecular flexibility index (Phi) is 5.64. The third-order valence-corrected chi connectivity index (χ3v) is 5.12.